The van der Waals surface area contributed by atoms with E-state index >= 15 is 0 Å². The molecule has 0 radical (unpaired) electrons. The first-order valence-electron chi connectivity index (χ1n) is 3.25. The number of quaternary nitrogens is 2. The smallest absolute Gasteiger partial charge is 0.281 e. The number of hydrogen-bond donors (Lipinski definition) is 3. The minimum absolute atomic E-state index is 0.0127. The van der Waals surface area contributed by atoms with Gasteiger partial charge in [-0.1, -0.05) is 0 Å². The van der Waals surface area contributed by atoms with Crippen molar-refractivity contribution in [1.82, 2.24) is 0 Å². The predicted octanol–water partition coefficient (Wildman–Crippen LogP) is -4.02. The minimum Gasteiger partial charge on any atom is -0.364 e. The van der Waals surface area contributed by atoms with E-state index in [0.717, 1.165) is 19.6 Å². The molecule has 1 rings (SSSR count). The Morgan fingerprint density at radius 3 is 2.67 bits per heavy atom. The highest BCUT2D eigenvalue weighted by atomic mass is 16.1. The topological polar surface area (TPSA) is 76.3 Å². The lowest BCUT2D eigenvalue weighted by atomic mass is 10.2. The molecule has 0 aromatic carbocycles. The summed E-state index contributed by atoms with van der Waals surface area (Å²) in [6, 6.07) is 0.0127. The molecular weight excluding hydrogens is 118 g/mol. The third-order valence-corrected chi connectivity index (χ3v) is 1.61. The zero-order valence-corrected chi connectivity index (χ0v) is 5.34. The molecular formula is C5H13N3O+2. The van der Waals surface area contributed by atoms with Crippen LogP contribution in [-0.2, 0) is 4.79 Å². The fraction of sp³-hybridized carbons (Fsp3) is 0.800. The first-order chi connectivity index (χ1) is 4.30. The van der Waals surface area contributed by atoms with E-state index in [-0.39, 0.29) is 11.9 Å². The molecule has 1 heterocycles. The number of carbonyl (C=O) groups is 1. The van der Waals surface area contributed by atoms with Gasteiger partial charge in [-0.15, -0.1) is 0 Å². The van der Waals surface area contributed by atoms with Crippen molar-refractivity contribution in [2.75, 3.05) is 19.6 Å². The number of nitrogens with two attached hydrogens (primary N) is 3. The van der Waals surface area contributed by atoms with Crippen molar-refractivity contribution in [3.8, 4) is 0 Å². The highest BCUT2D eigenvalue weighted by Gasteiger charge is 2.23. The summed E-state index contributed by atoms with van der Waals surface area (Å²) < 4.78 is 0. The molecule has 6 N–H and O–H groups in total. The number of primary amides is 1. The first-order valence-corrected chi connectivity index (χ1v) is 3.25. The van der Waals surface area contributed by atoms with Gasteiger partial charge in [-0.05, 0) is 0 Å². The van der Waals surface area contributed by atoms with Crippen molar-refractivity contribution < 1.29 is 15.4 Å². The molecule has 52 valence electrons. The number of carbonyl (C=O) groups excluding carboxylic acids is 1. The summed E-state index contributed by atoms with van der Waals surface area (Å²) >= 11 is 0. The highest BCUT2D eigenvalue weighted by molar-refractivity contribution is 5.78. The number of rotatable bonds is 1. The van der Waals surface area contributed by atoms with Crippen molar-refractivity contribution in [2.45, 2.75) is 6.04 Å². The predicted molar refractivity (Wildman–Crippen MR) is 31.4 cm³/mol. The highest BCUT2D eigenvalue weighted by Crippen LogP contribution is 1.66. The van der Waals surface area contributed by atoms with Crippen molar-refractivity contribution in [3.05, 3.63) is 0 Å². The molecule has 0 aromatic heterocycles. The first kappa shape index (κ1) is 6.51. The molecule has 0 bridgehead atoms. The van der Waals surface area contributed by atoms with Crippen LogP contribution in [0.4, 0.5) is 0 Å². The van der Waals surface area contributed by atoms with Gasteiger partial charge in [0.2, 0.25) is 6.04 Å². The zero-order valence-electron chi connectivity index (χ0n) is 5.34. The van der Waals surface area contributed by atoms with Gasteiger partial charge in [0.1, 0.15) is 19.6 Å². The quantitative estimate of drug-likeness (QED) is 0.333. The van der Waals surface area contributed by atoms with Crippen LogP contribution in [0.15, 0.2) is 0 Å². The second-order valence-electron chi connectivity index (χ2n) is 2.35. The number of hydrogen-bond acceptors (Lipinski definition) is 1. The molecule has 0 saturated carbocycles. The fourth-order valence-corrected chi connectivity index (χ4v) is 1.04. The van der Waals surface area contributed by atoms with Crippen molar-refractivity contribution in [1.29, 1.82) is 0 Å². The number of piperazine rings is 1. The van der Waals surface area contributed by atoms with Crippen LogP contribution >= 0.6 is 0 Å². The van der Waals surface area contributed by atoms with Gasteiger partial charge >= 0.3 is 0 Å². The average molecular weight is 131 g/mol. The molecule has 1 aliphatic rings. The molecule has 0 aliphatic carbocycles. The lowest BCUT2D eigenvalue weighted by Crippen LogP contribution is -3.09. The maximum absolute atomic E-state index is 10.5. The van der Waals surface area contributed by atoms with Gasteiger partial charge in [-0.3, -0.25) is 4.79 Å². The van der Waals surface area contributed by atoms with E-state index in [9.17, 15) is 4.79 Å². The van der Waals surface area contributed by atoms with Crippen molar-refractivity contribution in [3.63, 3.8) is 0 Å². The van der Waals surface area contributed by atoms with Crippen LogP contribution in [0.3, 0.4) is 0 Å². The maximum atomic E-state index is 10.5. The van der Waals surface area contributed by atoms with E-state index in [2.05, 4.69) is 5.32 Å². The number of amides is 1. The molecule has 1 amide bonds. The lowest BCUT2D eigenvalue weighted by molar-refractivity contribution is -0.801. The molecule has 0 spiro atoms. The van der Waals surface area contributed by atoms with Crippen LogP contribution in [0.2, 0.25) is 0 Å². The standard InChI is InChI=1S/C5H11N3O/c6-5(9)4-3-7-1-2-8-4/h4,7-8H,1-3H2,(H2,6,9)/p+2/t4-/m1/s1. The Hall–Kier alpha value is -0.610. The van der Waals surface area contributed by atoms with Gasteiger partial charge in [0.25, 0.3) is 5.91 Å². The van der Waals surface area contributed by atoms with Crippen LogP contribution in [-0.4, -0.2) is 31.6 Å². The van der Waals surface area contributed by atoms with Crippen LogP contribution in [0.25, 0.3) is 0 Å². The van der Waals surface area contributed by atoms with Crippen molar-refractivity contribution in [2.24, 2.45) is 5.73 Å². The van der Waals surface area contributed by atoms with Gasteiger partial charge in [-0.25, -0.2) is 0 Å². The van der Waals surface area contributed by atoms with E-state index in [4.69, 9.17) is 5.73 Å². The Bertz CT molecular complexity index is 109. The Kier molecular flexibility index (Phi) is 2.02. The monoisotopic (exact) mass is 131 g/mol. The third kappa shape index (κ3) is 1.65. The summed E-state index contributed by atoms with van der Waals surface area (Å²) in [4.78, 5) is 10.5. The van der Waals surface area contributed by atoms with E-state index < -0.39 is 0 Å². The summed E-state index contributed by atoms with van der Waals surface area (Å²) in [6.07, 6.45) is 0. The summed E-state index contributed by atoms with van der Waals surface area (Å²) in [7, 11) is 0. The fourth-order valence-electron chi connectivity index (χ4n) is 1.04. The Labute approximate surface area is 53.8 Å². The molecule has 9 heavy (non-hydrogen) atoms. The van der Waals surface area contributed by atoms with Crippen LogP contribution < -0.4 is 16.4 Å². The molecule has 4 nitrogen and oxygen atoms in total. The summed E-state index contributed by atoms with van der Waals surface area (Å²) in [5.74, 6) is -0.189. The van der Waals surface area contributed by atoms with E-state index in [0.29, 0.717) is 0 Å². The van der Waals surface area contributed by atoms with Gasteiger partial charge in [0.15, 0.2) is 0 Å². The Morgan fingerprint density at radius 1 is 1.56 bits per heavy atom. The second-order valence-corrected chi connectivity index (χ2v) is 2.35. The van der Waals surface area contributed by atoms with Crippen LogP contribution in [0.5, 0.6) is 0 Å². The summed E-state index contributed by atoms with van der Waals surface area (Å²) in [5, 5.41) is 4.12. The summed E-state index contributed by atoms with van der Waals surface area (Å²) in [5.41, 5.74) is 5.08. The van der Waals surface area contributed by atoms with Crippen LogP contribution in [0, 0.1) is 0 Å². The van der Waals surface area contributed by atoms with Crippen LogP contribution in [0.1, 0.15) is 0 Å². The molecule has 4 heteroatoms. The molecule has 1 atom stereocenters. The van der Waals surface area contributed by atoms with Gasteiger partial charge in [-0.2, -0.15) is 0 Å². The van der Waals surface area contributed by atoms with Gasteiger partial charge in [0, 0.05) is 0 Å². The third-order valence-electron chi connectivity index (χ3n) is 1.61. The van der Waals surface area contributed by atoms with Crippen molar-refractivity contribution >= 4 is 5.91 Å². The summed E-state index contributed by atoms with van der Waals surface area (Å²) in [6.45, 7) is 2.95. The molecule has 0 aromatic rings. The largest absolute Gasteiger partial charge is 0.364 e. The molecule has 1 saturated heterocycles. The zero-order chi connectivity index (χ0) is 6.69. The maximum Gasteiger partial charge on any atom is 0.281 e. The van der Waals surface area contributed by atoms with Gasteiger partial charge < -0.3 is 16.4 Å². The molecule has 1 fully saturated rings. The second kappa shape index (κ2) is 2.80. The molecule has 1 aliphatic heterocycles. The Balaban J connectivity index is 2.31. The van der Waals surface area contributed by atoms with E-state index in [1.54, 1.807) is 0 Å². The Morgan fingerprint density at radius 2 is 2.33 bits per heavy atom. The SMILES string of the molecule is NC(=O)[C@H]1C[NH2+]CC[NH2+]1. The van der Waals surface area contributed by atoms with Gasteiger partial charge in [0.05, 0.1) is 0 Å². The van der Waals surface area contributed by atoms with E-state index in [1.165, 1.54) is 0 Å². The normalized spacial score (nSPS) is 27.8. The van der Waals surface area contributed by atoms with E-state index in [1.807, 2.05) is 5.32 Å². The molecule has 0 unspecified atom stereocenters. The average Bonchev–Trinajstić information content (AvgIpc) is 1.90. The lowest BCUT2D eigenvalue weighted by Gasteiger charge is -2.14. The minimum atomic E-state index is -0.189.